The number of halogens is 1. The van der Waals surface area contributed by atoms with Crippen LogP contribution in [0.4, 0.5) is 10.1 Å². The largest absolute Gasteiger partial charge is 0.324 e. The number of hydrogen-bond donors (Lipinski definition) is 1. The molecule has 0 bridgehead atoms. The second kappa shape index (κ2) is 7.28. The van der Waals surface area contributed by atoms with Gasteiger partial charge in [-0.3, -0.25) is 9.78 Å². The monoisotopic (exact) mass is 363 g/mol. The van der Waals surface area contributed by atoms with Gasteiger partial charge in [-0.05, 0) is 49.2 Å². The van der Waals surface area contributed by atoms with E-state index in [4.69, 9.17) is 0 Å². The summed E-state index contributed by atoms with van der Waals surface area (Å²) in [5.74, 6) is -1.16. The summed E-state index contributed by atoms with van der Waals surface area (Å²) in [5, 5.41) is 2.76. The van der Waals surface area contributed by atoms with E-state index < -0.39 is 21.8 Å². The fourth-order valence-electron chi connectivity index (χ4n) is 2.81. The first-order valence-corrected chi connectivity index (χ1v) is 9.37. The van der Waals surface area contributed by atoms with Crippen molar-refractivity contribution in [2.24, 2.45) is 5.92 Å². The Morgan fingerprint density at radius 1 is 1.24 bits per heavy atom. The third-order valence-electron chi connectivity index (χ3n) is 4.14. The molecule has 1 fully saturated rings. The van der Waals surface area contributed by atoms with E-state index in [1.165, 1.54) is 22.6 Å². The predicted octanol–water partition coefficient (Wildman–Crippen LogP) is 2.26. The third kappa shape index (κ3) is 4.02. The van der Waals surface area contributed by atoms with E-state index in [0.29, 0.717) is 25.1 Å². The maximum Gasteiger partial charge on any atom is 0.243 e. The zero-order valence-corrected chi connectivity index (χ0v) is 14.2. The summed E-state index contributed by atoms with van der Waals surface area (Å²) in [6.45, 7) is 0.447. The molecule has 1 aliphatic heterocycles. The van der Waals surface area contributed by atoms with Crippen LogP contribution in [0.5, 0.6) is 0 Å². The zero-order valence-electron chi connectivity index (χ0n) is 13.4. The standard InChI is InChI=1S/C17H18FN3O3S/c18-14-5-7-16(8-6-14)25(23,24)21-10-2-3-13(12-21)17(22)20-15-4-1-9-19-11-15/h1,4-9,11,13H,2-3,10,12H2,(H,20,22). The summed E-state index contributed by atoms with van der Waals surface area (Å²) < 4.78 is 39.7. The number of carbonyl (C=O) groups excluding carboxylic acids is 1. The van der Waals surface area contributed by atoms with E-state index in [1.807, 2.05) is 0 Å². The van der Waals surface area contributed by atoms with Crippen molar-refractivity contribution in [2.75, 3.05) is 18.4 Å². The molecule has 1 N–H and O–H groups in total. The molecule has 6 nitrogen and oxygen atoms in total. The lowest BCUT2D eigenvalue weighted by molar-refractivity contribution is -0.120. The van der Waals surface area contributed by atoms with Crippen LogP contribution in [0.3, 0.4) is 0 Å². The van der Waals surface area contributed by atoms with Gasteiger partial charge in [-0.15, -0.1) is 0 Å². The van der Waals surface area contributed by atoms with E-state index >= 15 is 0 Å². The van der Waals surface area contributed by atoms with Crippen LogP contribution in [0.15, 0.2) is 53.7 Å². The van der Waals surface area contributed by atoms with E-state index in [9.17, 15) is 17.6 Å². The number of piperidine rings is 1. The highest BCUT2D eigenvalue weighted by molar-refractivity contribution is 7.89. The quantitative estimate of drug-likeness (QED) is 0.904. The highest BCUT2D eigenvalue weighted by atomic mass is 32.2. The molecule has 3 rings (SSSR count). The number of benzene rings is 1. The predicted molar refractivity (Wildman–Crippen MR) is 90.7 cm³/mol. The van der Waals surface area contributed by atoms with Gasteiger partial charge in [0.2, 0.25) is 15.9 Å². The Labute approximate surface area is 145 Å². The first kappa shape index (κ1) is 17.5. The van der Waals surface area contributed by atoms with Crippen LogP contribution in [-0.4, -0.2) is 36.7 Å². The third-order valence-corrected chi connectivity index (χ3v) is 6.01. The Morgan fingerprint density at radius 3 is 2.68 bits per heavy atom. The summed E-state index contributed by atoms with van der Waals surface area (Å²) in [6.07, 6.45) is 4.34. The zero-order chi connectivity index (χ0) is 17.9. The van der Waals surface area contributed by atoms with E-state index in [1.54, 1.807) is 18.3 Å². The minimum Gasteiger partial charge on any atom is -0.324 e. The molecule has 2 heterocycles. The Balaban J connectivity index is 1.72. The first-order valence-electron chi connectivity index (χ1n) is 7.93. The van der Waals surface area contributed by atoms with Gasteiger partial charge in [-0.25, -0.2) is 12.8 Å². The van der Waals surface area contributed by atoms with Gasteiger partial charge < -0.3 is 5.32 Å². The molecule has 0 aliphatic carbocycles. The average Bonchev–Trinajstić information content (AvgIpc) is 2.63. The van der Waals surface area contributed by atoms with E-state index in [0.717, 1.165) is 12.1 Å². The van der Waals surface area contributed by atoms with Crippen LogP contribution in [0.25, 0.3) is 0 Å². The normalized spacial score (nSPS) is 18.7. The number of anilines is 1. The van der Waals surface area contributed by atoms with Crippen LogP contribution in [0.1, 0.15) is 12.8 Å². The molecule has 0 spiro atoms. The maximum absolute atomic E-state index is 13.0. The second-order valence-electron chi connectivity index (χ2n) is 5.89. The Bertz CT molecular complexity index is 841. The molecule has 1 aliphatic rings. The summed E-state index contributed by atoms with van der Waals surface area (Å²) >= 11 is 0. The molecule has 1 amide bonds. The van der Waals surface area contributed by atoms with Gasteiger partial charge in [0.05, 0.1) is 22.7 Å². The Hall–Kier alpha value is -2.32. The molecular formula is C17H18FN3O3S. The number of aromatic nitrogens is 1. The number of hydrogen-bond acceptors (Lipinski definition) is 4. The molecule has 1 unspecified atom stereocenters. The Morgan fingerprint density at radius 2 is 2.00 bits per heavy atom. The van der Waals surface area contributed by atoms with Gasteiger partial charge in [-0.1, -0.05) is 0 Å². The van der Waals surface area contributed by atoms with Gasteiger partial charge in [0, 0.05) is 19.3 Å². The first-order chi connectivity index (χ1) is 12.0. The van der Waals surface area contributed by atoms with Crippen molar-refractivity contribution < 1.29 is 17.6 Å². The molecule has 0 radical (unpaired) electrons. The number of nitrogens with zero attached hydrogens (tertiary/aromatic N) is 2. The molecule has 0 saturated carbocycles. The molecule has 1 aromatic carbocycles. The molecule has 8 heteroatoms. The van der Waals surface area contributed by atoms with Gasteiger partial charge >= 0.3 is 0 Å². The van der Waals surface area contributed by atoms with Crippen LogP contribution in [-0.2, 0) is 14.8 Å². The maximum atomic E-state index is 13.0. The highest BCUT2D eigenvalue weighted by Gasteiger charge is 2.33. The van der Waals surface area contributed by atoms with Crippen LogP contribution >= 0.6 is 0 Å². The summed E-state index contributed by atoms with van der Waals surface area (Å²) in [7, 11) is -3.74. The van der Waals surface area contributed by atoms with Crippen LogP contribution < -0.4 is 5.32 Å². The second-order valence-corrected chi connectivity index (χ2v) is 7.83. The molecule has 25 heavy (non-hydrogen) atoms. The minimum absolute atomic E-state index is 0.0298. The van der Waals surface area contributed by atoms with E-state index in [2.05, 4.69) is 10.3 Å². The smallest absolute Gasteiger partial charge is 0.243 e. The highest BCUT2D eigenvalue weighted by Crippen LogP contribution is 2.24. The summed E-state index contributed by atoms with van der Waals surface area (Å²) in [5.41, 5.74) is 0.575. The number of carbonyl (C=O) groups is 1. The lowest BCUT2D eigenvalue weighted by Gasteiger charge is -2.31. The van der Waals surface area contributed by atoms with Crippen molar-refractivity contribution in [3.05, 3.63) is 54.6 Å². The van der Waals surface area contributed by atoms with Gasteiger partial charge in [0.1, 0.15) is 5.82 Å². The molecule has 1 aromatic heterocycles. The molecule has 1 saturated heterocycles. The number of sulfonamides is 1. The summed E-state index contributed by atoms with van der Waals surface area (Å²) in [6, 6.07) is 8.14. The average molecular weight is 363 g/mol. The van der Waals surface area contributed by atoms with Gasteiger partial charge in [0.15, 0.2) is 0 Å². The number of amides is 1. The van der Waals surface area contributed by atoms with E-state index in [-0.39, 0.29) is 17.3 Å². The van der Waals surface area contributed by atoms with Crippen molar-refractivity contribution in [2.45, 2.75) is 17.7 Å². The van der Waals surface area contributed by atoms with Crippen molar-refractivity contribution in [3.8, 4) is 0 Å². The lowest BCUT2D eigenvalue weighted by atomic mass is 9.99. The lowest BCUT2D eigenvalue weighted by Crippen LogP contribution is -2.43. The van der Waals surface area contributed by atoms with Crippen LogP contribution in [0, 0.1) is 11.7 Å². The SMILES string of the molecule is O=C(Nc1cccnc1)C1CCCN(S(=O)(=O)c2ccc(F)cc2)C1. The molecule has 2 aromatic rings. The van der Waals surface area contributed by atoms with Crippen molar-refractivity contribution in [1.82, 2.24) is 9.29 Å². The molecule has 1 atom stereocenters. The fraction of sp³-hybridized carbons (Fsp3) is 0.294. The topological polar surface area (TPSA) is 79.4 Å². The fourth-order valence-corrected chi connectivity index (χ4v) is 4.34. The summed E-state index contributed by atoms with van der Waals surface area (Å²) in [4.78, 5) is 16.4. The van der Waals surface area contributed by atoms with Crippen molar-refractivity contribution in [3.63, 3.8) is 0 Å². The van der Waals surface area contributed by atoms with Crippen molar-refractivity contribution >= 4 is 21.6 Å². The van der Waals surface area contributed by atoms with Crippen molar-refractivity contribution in [1.29, 1.82) is 0 Å². The van der Waals surface area contributed by atoms with Gasteiger partial charge in [0.25, 0.3) is 0 Å². The Kier molecular flexibility index (Phi) is 5.10. The molecular weight excluding hydrogens is 345 g/mol. The number of rotatable bonds is 4. The number of pyridine rings is 1. The van der Waals surface area contributed by atoms with Crippen LogP contribution in [0.2, 0.25) is 0 Å². The molecule has 132 valence electrons. The van der Waals surface area contributed by atoms with Gasteiger partial charge in [-0.2, -0.15) is 4.31 Å². The number of nitrogens with one attached hydrogen (secondary N) is 1. The minimum atomic E-state index is -3.74.